The lowest BCUT2D eigenvalue weighted by molar-refractivity contribution is 0.590. The summed E-state index contributed by atoms with van der Waals surface area (Å²) in [4.78, 5) is 0. The molecule has 0 fully saturated rings. The van der Waals surface area contributed by atoms with E-state index >= 15 is 0 Å². The Hall–Kier alpha value is -1.82. The van der Waals surface area contributed by atoms with Gasteiger partial charge in [-0.2, -0.15) is 0 Å². The first-order valence-corrected chi connectivity index (χ1v) is 9.89. The number of hydrogen-bond donors (Lipinski definition) is 0. The molecule has 0 spiro atoms. The average Bonchev–Trinajstić information content (AvgIpc) is 2.93. The van der Waals surface area contributed by atoms with Crippen molar-refractivity contribution in [2.45, 2.75) is 72.1 Å². The van der Waals surface area contributed by atoms with Gasteiger partial charge in [0.1, 0.15) is 0 Å². The minimum Gasteiger partial charge on any atom is -0.0651 e. The van der Waals surface area contributed by atoms with Gasteiger partial charge in [0.25, 0.3) is 0 Å². The van der Waals surface area contributed by atoms with Crippen molar-refractivity contribution in [1.82, 2.24) is 0 Å². The van der Waals surface area contributed by atoms with Crippen LogP contribution in [-0.4, -0.2) is 0 Å². The zero-order chi connectivity index (χ0) is 18.0. The molecule has 0 heterocycles. The van der Waals surface area contributed by atoms with Crippen LogP contribution in [0.15, 0.2) is 48.0 Å². The third kappa shape index (κ3) is 3.59. The van der Waals surface area contributed by atoms with Gasteiger partial charge >= 0.3 is 0 Å². The molecule has 0 atom stereocenters. The SMILES string of the molecule is CCCC1=C(CCC)c2c(cccc2-c2ccc(C(C)(C)C)cc2)C1. The zero-order valence-electron chi connectivity index (χ0n) is 16.6. The Morgan fingerprint density at radius 2 is 1.52 bits per heavy atom. The minimum atomic E-state index is 0.207. The second-order valence-corrected chi connectivity index (χ2v) is 8.43. The third-order valence-electron chi connectivity index (χ3n) is 5.40. The number of hydrogen-bond acceptors (Lipinski definition) is 0. The van der Waals surface area contributed by atoms with E-state index in [1.165, 1.54) is 53.5 Å². The second kappa shape index (κ2) is 7.20. The number of rotatable bonds is 5. The maximum absolute atomic E-state index is 2.33. The van der Waals surface area contributed by atoms with Crippen molar-refractivity contribution in [3.63, 3.8) is 0 Å². The van der Waals surface area contributed by atoms with Crippen LogP contribution in [0, 0.1) is 0 Å². The van der Waals surface area contributed by atoms with Crippen LogP contribution < -0.4 is 0 Å². The molecule has 0 aliphatic heterocycles. The van der Waals surface area contributed by atoms with Gasteiger partial charge in [-0.15, -0.1) is 0 Å². The van der Waals surface area contributed by atoms with Gasteiger partial charge in [-0.1, -0.05) is 95.5 Å². The summed E-state index contributed by atoms with van der Waals surface area (Å²) in [5, 5.41) is 0. The average molecular weight is 333 g/mol. The predicted molar refractivity (Wildman–Crippen MR) is 111 cm³/mol. The van der Waals surface area contributed by atoms with Crippen LogP contribution in [0.25, 0.3) is 16.7 Å². The van der Waals surface area contributed by atoms with E-state index in [4.69, 9.17) is 0 Å². The lowest BCUT2D eigenvalue weighted by Crippen LogP contribution is -2.10. The van der Waals surface area contributed by atoms with E-state index in [1.807, 2.05) is 0 Å². The van der Waals surface area contributed by atoms with Gasteiger partial charge in [0.2, 0.25) is 0 Å². The normalized spacial score (nSPS) is 14.1. The summed E-state index contributed by atoms with van der Waals surface area (Å²) in [5.41, 5.74) is 10.8. The standard InChI is InChI=1S/C25H32/c1-6-9-19-17-20-11-8-12-23(24(20)22(19)10-7-2)18-13-15-21(16-14-18)25(3,4)5/h8,11-16H,6-7,9-10,17H2,1-5H3. The number of fused-ring (bicyclic) bond motifs is 1. The topological polar surface area (TPSA) is 0 Å². The van der Waals surface area contributed by atoms with Gasteiger partial charge in [-0.25, -0.2) is 0 Å². The van der Waals surface area contributed by atoms with E-state index in [1.54, 1.807) is 11.1 Å². The lowest BCUT2D eigenvalue weighted by atomic mass is 9.85. The Kier molecular flexibility index (Phi) is 5.18. The van der Waals surface area contributed by atoms with Crippen molar-refractivity contribution in [2.24, 2.45) is 0 Å². The lowest BCUT2D eigenvalue weighted by Gasteiger charge is -2.20. The van der Waals surface area contributed by atoms with Crippen LogP contribution in [0.1, 0.15) is 77.0 Å². The van der Waals surface area contributed by atoms with E-state index in [2.05, 4.69) is 77.1 Å². The molecule has 0 N–H and O–H groups in total. The summed E-state index contributed by atoms with van der Waals surface area (Å²) in [6, 6.07) is 16.1. The van der Waals surface area contributed by atoms with Crippen LogP contribution in [-0.2, 0) is 11.8 Å². The van der Waals surface area contributed by atoms with Gasteiger partial charge < -0.3 is 0 Å². The molecule has 2 aromatic carbocycles. The fourth-order valence-corrected chi connectivity index (χ4v) is 4.10. The molecule has 1 aliphatic carbocycles. The highest BCUT2D eigenvalue weighted by Gasteiger charge is 2.23. The van der Waals surface area contributed by atoms with Crippen LogP contribution in [0.3, 0.4) is 0 Å². The molecule has 0 heteroatoms. The fourth-order valence-electron chi connectivity index (χ4n) is 4.10. The maximum atomic E-state index is 2.33. The molecule has 0 unspecified atom stereocenters. The van der Waals surface area contributed by atoms with Crippen LogP contribution in [0.4, 0.5) is 0 Å². The largest absolute Gasteiger partial charge is 0.0651 e. The predicted octanol–water partition coefficient (Wildman–Crippen LogP) is 7.56. The summed E-state index contributed by atoms with van der Waals surface area (Å²) in [5.74, 6) is 0. The van der Waals surface area contributed by atoms with Gasteiger partial charge in [-0.3, -0.25) is 0 Å². The van der Waals surface area contributed by atoms with Gasteiger partial charge in [0.15, 0.2) is 0 Å². The number of benzene rings is 2. The molecule has 0 amide bonds. The molecule has 0 bridgehead atoms. The van der Waals surface area contributed by atoms with Crippen molar-refractivity contribution in [2.75, 3.05) is 0 Å². The monoisotopic (exact) mass is 332 g/mol. The summed E-state index contributed by atoms with van der Waals surface area (Å²) in [6.07, 6.45) is 6.07. The molecule has 1 aliphatic rings. The van der Waals surface area contributed by atoms with Crippen LogP contribution in [0.5, 0.6) is 0 Å². The molecule has 0 nitrogen and oxygen atoms in total. The fraction of sp³-hybridized carbons (Fsp3) is 0.440. The molecule has 0 radical (unpaired) electrons. The first-order valence-electron chi connectivity index (χ1n) is 9.89. The van der Waals surface area contributed by atoms with E-state index in [-0.39, 0.29) is 5.41 Å². The van der Waals surface area contributed by atoms with Gasteiger partial charge in [0.05, 0.1) is 0 Å². The van der Waals surface area contributed by atoms with E-state index in [0.717, 1.165) is 6.42 Å². The molecule has 0 saturated heterocycles. The first-order chi connectivity index (χ1) is 12.0. The molecule has 2 aromatic rings. The summed E-state index contributed by atoms with van der Waals surface area (Å²) in [6.45, 7) is 11.4. The number of allylic oxidation sites excluding steroid dienone is 2. The van der Waals surface area contributed by atoms with E-state index in [0.29, 0.717) is 0 Å². The van der Waals surface area contributed by atoms with Crippen LogP contribution in [0.2, 0.25) is 0 Å². The molecule has 3 rings (SSSR count). The smallest absolute Gasteiger partial charge is 0.00548 e. The Balaban J connectivity index is 2.07. The van der Waals surface area contributed by atoms with Gasteiger partial charge in [0, 0.05) is 0 Å². The summed E-state index contributed by atoms with van der Waals surface area (Å²) < 4.78 is 0. The van der Waals surface area contributed by atoms with Crippen molar-refractivity contribution in [1.29, 1.82) is 0 Å². The molecule has 25 heavy (non-hydrogen) atoms. The Morgan fingerprint density at radius 3 is 2.12 bits per heavy atom. The van der Waals surface area contributed by atoms with Crippen molar-refractivity contribution >= 4 is 5.57 Å². The Labute approximate surface area is 154 Å². The maximum Gasteiger partial charge on any atom is -0.00548 e. The van der Waals surface area contributed by atoms with Crippen LogP contribution >= 0.6 is 0 Å². The molecular weight excluding hydrogens is 300 g/mol. The third-order valence-corrected chi connectivity index (χ3v) is 5.40. The first kappa shape index (κ1) is 18.0. The molecule has 132 valence electrons. The van der Waals surface area contributed by atoms with Crippen molar-refractivity contribution < 1.29 is 0 Å². The highest BCUT2D eigenvalue weighted by Crippen LogP contribution is 2.43. The quantitative estimate of drug-likeness (QED) is 0.530. The van der Waals surface area contributed by atoms with E-state index < -0.39 is 0 Å². The summed E-state index contributed by atoms with van der Waals surface area (Å²) >= 11 is 0. The zero-order valence-corrected chi connectivity index (χ0v) is 16.6. The van der Waals surface area contributed by atoms with Crippen molar-refractivity contribution in [3.8, 4) is 11.1 Å². The van der Waals surface area contributed by atoms with E-state index in [9.17, 15) is 0 Å². The van der Waals surface area contributed by atoms with Crippen molar-refractivity contribution in [3.05, 3.63) is 64.7 Å². The second-order valence-electron chi connectivity index (χ2n) is 8.43. The Bertz CT molecular complexity index is 767. The molecule has 0 aromatic heterocycles. The highest BCUT2D eigenvalue weighted by atomic mass is 14.3. The minimum absolute atomic E-state index is 0.207. The highest BCUT2D eigenvalue weighted by molar-refractivity contribution is 5.87. The molecular formula is C25H32. The van der Waals surface area contributed by atoms with Gasteiger partial charge in [-0.05, 0) is 58.1 Å². The Morgan fingerprint density at radius 1 is 0.840 bits per heavy atom. The summed E-state index contributed by atoms with van der Waals surface area (Å²) in [7, 11) is 0. The molecule has 0 saturated carbocycles.